The summed E-state index contributed by atoms with van der Waals surface area (Å²) in [7, 11) is 0. The maximum atomic E-state index is 5.39. The number of nitrogens with one attached hydrogen (secondary N) is 2. The smallest absolute Gasteiger partial charge is 0.191 e. The lowest BCUT2D eigenvalue weighted by Gasteiger charge is -2.25. The fourth-order valence-electron chi connectivity index (χ4n) is 2.93. The predicted octanol–water partition coefficient (Wildman–Crippen LogP) is 1.93. The molecule has 0 spiro atoms. The van der Waals surface area contributed by atoms with Crippen molar-refractivity contribution in [2.75, 3.05) is 13.1 Å². The summed E-state index contributed by atoms with van der Waals surface area (Å²) in [5, 5.41) is 11.5. The van der Waals surface area contributed by atoms with Crippen molar-refractivity contribution in [2.45, 2.75) is 52.6 Å². The van der Waals surface area contributed by atoms with Crippen LogP contribution in [0.15, 0.2) is 27.8 Å². The van der Waals surface area contributed by atoms with Gasteiger partial charge in [-0.05, 0) is 31.4 Å². The maximum absolute atomic E-state index is 5.39. The van der Waals surface area contributed by atoms with Crippen molar-refractivity contribution < 1.29 is 4.42 Å². The third kappa shape index (κ3) is 5.08. The summed E-state index contributed by atoms with van der Waals surface area (Å²) in [5.74, 6) is 4.31. The minimum atomic E-state index is 0.315. The first kappa shape index (κ1) is 17.5. The molecule has 0 aliphatic carbocycles. The van der Waals surface area contributed by atoms with E-state index in [1.807, 2.05) is 23.7 Å². The molecule has 2 aromatic rings. The molecule has 0 bridgehead atoms. The van der Waals surface area contributed by atoms with E-state index in [0.717, 1.165) is 62.3 Å². The Kier molecular flexibility index (Phi) is 5.73. The summed E-state index contributed by atoms with van der Waals surface area (Å²) in [5.41, 5.74) is 0. The van der Waals surface area contributed by atoms with Crippen molar-refractivity contribution in [2.24, 2.45) is 10.9 Å². The van der Waals surface area contributed by atoms with E-state index in [4.69, 9.17) is 9.41 Å². The number of nitrogens with zero attached hydrogens (tertiary/aromatic N) is 4. The van der Waals surface area contributed by atoms with Gasteiger partial charge in [0, 0.05) is 32.0 Å². The van der Waals surface area contributed by atoms with Crippen molar-refractivity contribution in [3.05, 3.63) is 35.8 Å². The molecule has 1 aliphatic heterocycles. The van der Waals surface area contributed by atoms with E-state index < -0.39 is 0 Å². The lowest BCUT2D eigenvalue weighted by Crippen LogP contribution is -2.47. The molecule has 2 N–H and O–H groups in total. The molecule has 0 saturated carbocycles. The maximum Gasteiger partial charge on any atom is 0.191 e. The molecular weight excluding hydrogens is 316 g/mol. The first-order valence-corrected chi connectivity index (χ1v) is 9.07. The van der Waals surface area contributed by atoms with Crippen molar-refractivity contribution in [1.82, 2.24) is 25.4 Å². The molecule has 0 radical (unpaired) electrons. The second kappa shape index (κ2) is 8.18. The fraction of sp³-hybridized carbons (Fsp3) is 0.611. The monoisotopic (exact) mass is 344 g/mol. The largest absolute Gasteiger partial charge is 0.469 e. The summed E-state index contributed by atoms with van der Waals surface area (Å²) >= 11 is 0. The zero-order valence-corrected chi connectivity index (χ0v) is 15.3. The van der Waals surface area contributed by atoms with Gasteiger partial charge < -0.3 is 15.1 Å². The predicted molar refractivity (Wildman–Crippen MR) is 97.6 cm³/mol. The van der Waals surface area contributed by atoms with Crippen LogP contribution >= 0.6 is 0 Å². The minimum Gasteiger partial charge on any atom is -0.469 e. The summed E-state index contributed by atoms with van der Waals surface area (Å²) in [6, 6.07) is 4.23. The summed E-state index contributed by atoms with van der Waals surface area (Å²) in [6.45, 7) is 8.72. The Morgan fingerprint density at radius 2 is 2.36 bits per heavy atom. The number of aliphatic imine (C=N–C) groups is 1. The van der Waals surface area contributed by atoms with Gasteiger partial charge in [-0.25, -0.2) is 9.67 Å². The van der Waals surface area contributed by atoms with Crippen LogP contribution in [0.25, 0.3) is 0 Å². The van der Waals surface area contributed by atoms with Gasteiger partial charge >= 0.3 is 0 Å². The highest BCUT2D eigenvalue weighted by Crippen LogP contribution is 2.12. The average Bonchev–Trinajstić information content (AvgIpc) is 3.20. The van der Waals surface area contributed by atoms with E-state index in [-0.39, 0.29) is 0 Å². The highest BCUT2D eigenvalue weighted by atomic mass is 16.3. The van der Waals surface area contributed by atoms with E-state index in [1.54, 1.807) is 6.26 Å². The quantitative estimate of drug-likeness (QED) is 0.618. The highest BCUT2D eigenvalue weighted by Gasteiger charge is 2.21. The number of aryl methyl sites for hydroxylation is 2. The van der Waals surface area contributed by atoms with Crippen LogP contribution in [0.2, 0.25) is 0 Å². The van der Waals surface area contributed by atoms with Gasteiger partial charge in [-0.1, -0.05) is 13.8 Å². The molecule has 0 saturated heterocycles. The van der Waals surface area contributed by atoms with Crippen molar-refractivity contribution in [3.8, 4) is 0 Å². The Balaban J connectivity index is 1.56. The van der Waals surface area contributed by atoms with Gasteiger partial charge in [-0.3, -0.25) is 4.99 Å². The van der Waals surface area contributed by atoms with Gasteiger partial charge in [0.05, 0.1) is 12.8 Å². The molecule has 3 heterocycles. The number of furan rings is 1. The van der Waals surface area contributed by atoms with Crippen molar-refractivity contribution >= 4 is 5.96 Å². The van der Waals surface area contributed by atoms with Crippen molar-refractivity contribution in [3.63, 3.8) is 0 Å². The number of hydrogen-bond donors (Lipinski definition) is 2. The van der Waals surface area contributed by atoms with E-state index in [0.29, 0.717) is 12.0 Å². The zero-order valence-electron chi connectivity index (χ0n) is 15.3. The number of guanidine groups is 1. The number of fused-ring (bicyclic) bond motifs is 1. The minimum absolute atomic E-state index is 0.315. The van der Waals surface area contributed by atoms with Crippen LogP contribution in [0.4, 0.5) is 0 Å². The molecule has 1 atom stereocenters. The lowest BCUT2D eigenvalue weighted by molar-refractivity contribution is 0.391. The number of aromatic nitrogens is 3. The fourth-order valence-corrected chi connectivity index (χ4v) is 2.93. The lowest BCUT2D eigenvalue weighted by atomic mass is 10.1. The molecule has 25 heavy (non-hydrogen) atoms. The van der Waals surface area contributed by atoms with Crippen LogP contribution in [-0.2, 0) is 19.4 Å². The van der Waals surface area contributed by atoms with E-state index in [2.05, 4.69) is 34.6 Å². The summed E-state index contributed by atoms with van der Waals surface area (Å²) in [4.78, 5) is 9.19. The van der Waals surface area contributed by atoms with Gasteiger partial charge in [-0.15, -0.1) is 0 Å². The molecule has 0 amide bonds. The van der Waals surface area contributed by atoms with Crippen LogP contribution in [-0.4, -0.2) is 39.9 Å². The van der Waals surface area contributed by atoms with Crippen LogP contribution in [0.3, 0.4) is 0 Å². The molecule has 7 heteroatoms. The van der Waals surface area contributed by atoms with Gasteiger partial charge in [-0.2, -0.15) is 5.10 Å². The summed E-state index contributed by atoms with van der Waals surface area (Å²) in [6.07, 6.45) is 4.54. The normalized spacial score (nSPS) is 17.6. The molecular formula is C18H28N6O. The van der Waals surface area contributed by atoms with Crippen LogP contribution in [0.5, 0.6) is 0 Å². The Morgan fingerprint density at radius 1 is 1.48 bits per heavy atom. The third-order valence-corrected chi connectivity index (χ3v) is 4.16. The molecule has 2 aromatic heterocycles. The molecule has 1 aliphatic rings. The molecule has 0 aromatic carbocycles. The summed E-state index contributed by atoms with van der Waals surface area (Å²) < 4.78 is 7.40. The second-order valence-corrected chi connectivity index (χ2v) is 6.98. The molecule has 3 rings (SSSR count). The Hall–Kier alpha value is -2.31. The standard InChI is InChI=1S/C18H28N6O/c1-13(2)11-20-18(19-9-8-16-5-4-10-25-16)22-15-6-7-17-21-14(3)23-24(17)12-15/h4-5,10,13,15H,6-9,11-12H2,1-3H3,(H2,19,20,22). The first-order chi connectivity index (χ1) is 12.1. The Labute approximate surface area is 148 Å². The molecule has 7 nitrogen and oxygen atoms in total. The van der Waals surface area contributed by atoms with E-state index in [1.165, 1.54) is 0 Å². The third-order valence-electron chi connectivity index (χ3n) is 4.16. The van der Waals surface area contributed by atoms with Crippen molar-refractivity contribution in [1.29, 1.82) is 0 Å². The SMILES string of the molecule is Cc1nc2n(n1)CC(NC(=NCC(C)C)NCCc1ccco1)CC2. The van der Waals surface area contributed by atoms with E-state index >= 15 is 0 Å². The van der Waals surface area contributed by atoms with Crippen LogP contribution in [0.1, 0.15) is 37.7 Å². The van der Waals surface area contributed by atoms with E-state index in [9.17, 15) is 0 Å². The number of rotatable bonds is 6. The molecule has 0 fully saturated rings. The topological polar surface area (TPSA) is 80.3 Å². The second-order valence-electron chi connectivity index (χ2n) is 6.98. The Morgan fingerprint density at radius 3 is 3.12 bits per heavy atom. The molecule has 1 unspecified atom stereocenters. The van der Waals surface area contributed by atoms with Gasteiger partial charge in [0.25, 0.3) is 0 Å². The van der Waals surface area contributed by atoms with Crippen LogP contribution in [0, 0.1) is 12.8 Å². The van der Waals surface area contributed by atoms with Crippen LogP contribution < -0.4 is 10.6 Å². The highest BCUT2D eigenvalue weighted by molar-refractivity contribution is 5.80. The van der Waals surface area contributed by atoms with Gasteiger partial charge in [0.15, 0.2) is 5.96 Å². The zero-order chi connectivity index (χ0) is 17.6. The average molecular weight is 344 g/mol. The Bertz CT molecular complexity index is 688. The van der Waals surface area contributed by atoms with Gasteiger partial charge in [0.2, 0.25) is 0 Å². The van der Waals surface area contributed by atoms with Gasteiger partial charge in [0.1, 0.15) is 17.4 Å². The number of hydrogen-bond acceptors (Lipinski definition) is 4. The molecule has 136 valence electrons. The first-order valence-electron chi connectivity index (χ1n) is 9.07.